The average Bonchev–Trinajstić information content (AvgIpc) is 2.51. The summed E-state index contributed by atoms with van der Waals surface area (Å²) >= 11 is 1.00. The molecule has 4 nitrogen and oxygen atoms in total. The zero-order chi connectivity index (χ0) is 9.59. The van der Waals surface area contributed by atoms with Crippen LogP contribution in [0.5, 0.6) is 0 Å². The first-order valence-electron chi connectivity index (χ1n) is 4.12. The highest BCUT2D eigenvalue weighted by Gasteiger charge is 2.31. The average molecular weight is 198 g/mol. The molecule has 0 saturated carbocycles. The van der Waals surface area contributed by atoms with E-state index in [9.17, 15) is 9.59 Å². The minimum Gasteiger partial charge on any atom is -0.330 e. The van der Waals surface area contributed by atoms with E-state index in [1.54, 1.807) is 4.90 Å². The van der Waals surface area contributed by atoms with Gasteiger partial charge in [0, 0.05) is 6.04 Å². The second kappa shape index (κ2) is 2.70. The van der Waals surface area contributed by atoms with Crippen LogP contribution in [-0.2, 0) is 6.54 Å². The van der Waals surface area contributed by atoms with Gasteiger partial charge in [0.15, 0.2) is 0 Å². The van der Waals surface area contributed by atoms with Gasteiger partial charge in [0.1, 0.15) is 4.88 Å². The van der Waals surface area contributed by atoms with Crippen LogP contribution >= 0.6 is 11.3 Å². The molecule has 0 saturated heterocycles. The van der Waals surface area contributed by atoms with Crippen molar-refractivity contribution in [3.8, 4) is 0 Å². The molecule has 1 aromatic heterocycles. The first-order valence-corrected chi connectivity index (χ1v) is 4.94. The minimum absolute atomic E-state index is 0.0200. The number of hydrogen-bond acceptors (Lipinski definition) is 3. The van der Waals surface area contributed by atoms with Gasteiger partial charge in [-0.05, 0) is 13.8 Å². The molecule has 0 radical (unpaired) electrons. The van der Waals surface area contributed by atoms with E-state index >= 15 is 0 Å². The van der Waals surface area contributed by atoms with E-state index in [1.165, 1.54) is 0 Å². The summed E-state index contributed by atoms with van der Waals surface area (Å²) in [4.78, 5) is 27.4. The van der Waals surface area contributed by atoms with Gasteiger partial charge in [-0.3, -0.25) is 9.59 Å². The molecule has 1 amide bonds. The first kappa shape index (κ1) is 8.50. The number of fused-ring (bicyclic) bond motifs is 1. The van der Waals surface area contributed by atoms with Crippen LogP contribution < -0.4 is 4.87 Å². The third-order valence-electron chi connectivity index (χ3n) is 2.13. The number of aromatic amines is 1. The Morgan fingerprint density at radius 1 is 1.46 bits per heavy atom. The molecule has 2 heterocycles. The quantitative estimate of drug-likeness (QED) is 0.725. The molecule has 0 fully saturated rings. The van der Waals surface area contributed by atoms with Crippen molar-refractivity contribution < 1.29 is 4.79 Å². The summed E-state index contributed by atoms with van der Waals surface area (Å²) < 4.78 is 0. The van der Waals surface area contributed by atoms with Gasteiger partial charge in [0.25, 0.3) is 5.91 Å². The molecule has 1 aromatic rings. The van der Waals surface area contributed by atoms with Crippen LogP contribution in [-0.4, -0.2) is 21.8 Å². The number of nitrogens with one attached hydrogen (secondary N) is 1. The molecule has 2 rings (SSSR count). The monoisotopic (exact) mass is 198 g/mol. The SMILES string of the molecule is CC(C)N1Cc2[nH]c(=O)sc2C1=O. The van der Waals surface area contributed by atoms with Gasteiger partial charge in [0.05, 0.1) is 12.2 Å². The first-order chi connectivity index (χ1) is 6.09. The molecule has 5 heteroatoms. The van der Waals surface area contributed by atoms with Crippen molar-refractivity contribution in [1.82, 2.24) is 9.88 Å². The van der Waals surface area contributed by atoms with E-state index in [0.29, 0.717) is 11.4 Å². The molecule has 0 unspecified atom stereocenters. The van der Waals surface area contributed by atoms with Crippen molar-refractivity contribution in [2.24, 2.45) is 0 Å². The summed E-state index contributed by atoms with van der Waals surface area (Å²) in [7, 11) is 0. The van der Waals surface area contributed by atoms with Gasteiger partial charge in [-0.25, -0.2) is 0 Å². The van der Waals surface area contributed by atoms with E-state index in [1.807, 2.05) is 13.8 Å². The van der Waals surface area contributed by atoms with Crippen LogP contribution in [0.2, 0.25) is 0 Å². The summed E-state index contributed by atoms with van der Waals surface area (Å²) in [6.07, 6.45) is 0. The third kappa shape index (κ3) is 1.19. The van der Waals surface area contributed by atoms with E-state index in [0.717, 1.165) is 17.0 Å². The van der Waals surface area contributed by atoms with Crippen molar-refractivity contribution >= 4 is 17.2 Å². The Morgan fingerprint density at radius 2 is 2.15 bits per heavy atom. The molecule has 1 aliphatic heterocycles. The van der Waals surface area contributed by atoms with Crippen LogP contribution in [0.15, 0.2) is 4.79 Å². The van der Waals surface area contributed by atoms with Crippen molar-refractivity contribution in [1.29, 1.82) is 0 Å². The van der Waals surface area contributed by atoms with E-state index in [-0.39, 0.29) is 16.8 Å². The standard InChI is InChI=1S/C8H10N2O2S/c1-4(2)10-3-5-6(7(10)11)13-8(12)9-5/h4H,3H2,1-2H3,(H,9,12). The smallest absolute Gasteiger partial charge is 0.305 e. The fourth-order valence-corrected chi connectivity index (χ4v) is 2.24. The molecule has 13 heavy (non-hydrogen) atoms. The van der Waals surface area contributed by atoms with Gasteiger partial charge >= 0.3 is 4.87 Å². The van der Waals surface area contributed by atoms with Gasteiger partial charge in [-0.2, -0.15) is 0 Å². The van der Waals surface area contributed by atoms with Crippen molar-refractivity contribution in [2.45, 2.75) is 26.4 Å². The number of thiazole rings is 1. The van der Waals surface area contributed by atoms with Crippen molar-refractivity contribution in [3.63, 3.8) is 0 Å². The van der Waals surface area contributed by atoms with Gasteiger partial charge in [-0.15, -0.1) is 0 Å². The van der Waals surface area contributed by atoms with Crippen LogP contribution in [0.25, 0.3) is 0 Å². The van der Waals surface area contributed by atoms with Gasteiger partial charge in [-0.1, -0.05) is 11.3 Å². The Morgan fingerprint density at radius 3 is 2.69 bits per heavy atom. The zero-order valence-corrected chi connectivity index (χ0v) is 8.27. The zero-order valence-electron chi connectivity index (χ0n) is 7.46. The van der Waals surface area contributed by atoms with Crippen molar-refractivity contribution in [3.05, 3.63) is 20.2 Å². The molecule has 1 N–H and O–H groups in total. The highest BCUT2D eigenvalue weighted by atomic mass is 32.1. The number of amides is 1. The maximum Gasteiger partial charge on any atom is 0.305 e. The molecule has 0 atom stereocenters. The minimum atomic E-state index is -0.137. The second-order valence-electron chi connectivity index (χ2n) is 3.35. The Kier molecular flexibility index (Phi) is 1.76. The number of hydrogen-bond donors (Lipinski definition) is 1. The molecule has 0 spiro atoms. The van der Waals surface area contributed by atoms with Crippen LogP contribution in [0.4, 0.5) is 0 Å². The van der Waals surface area contributed by atoms with E-state index in [4.69, 9.17) is 0 Å². The largest absolute Gasteiger partial charge is 0.330 e. The maximum atomic E-state index is 11.6. The molecular weight excluding hydrogens is 188 g/mol. The van der Waals surface area contributed by atoms with Gasteiger partial charge in [0.2, 0.25) is 0 Å². The number of H-pyrrole nitrogens is 1. The van der Waals surface area contributed by atoms with Crippen LogP contribution in [0.3, 0.4) is 0 Å². The highest BCUT2D eigenvalue weighted by molar-refractivity contribution is 7.11. The number of aromatic nitrogens is 1. The number of carbonyl (C=O) groups is 1. The lowest BCUT2D eigenvalue weighted by Gasteiger charge is -2.19. The summed E-state index contributed by atoms with van der Waals surface area (Å²) in [5.41, 5.74) is 0.772. The summed E-state index contributed by atoms with van der Waals surface area (Å²) in [5.74, 6) is -0.0200. The Hall–Kier alpha value is -1.10. The van der Waals surface area contributed by atoms with Gasteiger partial charge < -0.3 is 9.88 Å². The van der Waals surface area contributed by atoms with E-state index in [2.05, 4.69) is 4.98 Å². The lowest BCUT2D eigenvalue weighted by Crippen LogP contribution is -2.31. The van der Waals surface area contributed by atoms with Crippen molar-refractivity contribution in [2.75, 3.05) is 0 Å². The molecule has 0 bridgehead atoms. The highest BCUT2D eigenvalue weighted by Crippen LogP contribution is 2.24. The third-order valence-corrected chi connectivity index (χ3v) is 3.04. The molecule has 0 aliphatic carbocycles. The molecule has 0 aromatic carbocycles. The molecule has 70 valence electrons. The Labute approximate surface area is 79.2 Å². The lowest BCUT2D eigenvalue weighted by atomic mass is 10.3. The summed E-state index contributed by atoms with van der Waals surface area (Å²) in [6, 6.07) is 0.190. The van der Waals surface area contributed by atoms with E-state index < -0.39 is 0 Å². The number of carbonyl (C=O) groups excluding carboxylic acids is 1. The predicted molar refractivity (Wildman–Crippen MR) is 49.9 cm³/mol. The number of rotatable bonds is 1. The number of nitrogens with zero attached hydrogens (tertiary/aromatic N) is 1. The predicted octanol–water partition coefficient (Wildman–Crippen LogP) is 0.801. The normalized spacial score (nSPS) is 15.6. The fraction of sp³-hybridized carbons (Fsp3) is 0.500. The lowest BCUT2D eigenvalue weighted by molar-refractivity contribution is 0.0733. The summed E-state index contributed by atoms with van der Waals surface area (Å²) in [6.45, 7) is 4.48. The Bertz CT molecular complexity index is 405. The topological polar surface area (TPSA) is 53.2 Å². The maximum absolute atomic E-state index is 11.6. The molecular formula is C8H10N2O2S. The van der Waals surface area contributed by atoms with Crippen LogP contribution in [0, 0.1) is 0 Å². The molecule has 1 aliphatic rings. The second-order valence-corrected chi connectivity index (χ2v) is 4.33. The Balaban J connectivity index is 2.40. The summed E-state index contributed by atoms with van der Waals surface area (Å²) in [5, 5.41) is 0. The fourth-order valence-electron chi connectivity index (χ4n) is 1.43. The van der Waals surface area contributed by atoms with Crippen LogP contribution in [0.1, 0.15) is 29.2 Å².